The third-order valence-corrected chi connectivity index (χ3v) is 7.46. The van der Waals surface area contributed by atoms with Gasteiger partial charge in [-0.25, -0.2) is 0 Å². The zero-order chi connectivity index (χ0) is 18.8. The minimum atomic E-state index is -0.717. The molecule has 3 aliphatic heterocycles. The Morgan fingerprint density at radius 3 is 2.74 bits per heavy atom. The van der Waals surface area contributed by atoms with Gasteiger partial charge < -0.3 is 15.5 Å². The fraction of sp³-hybridized carbons (Fsp3) is 0.591. The number of benzene rings is 1. The first-order chi connectivity index (χ1) is 13.0. The number of aliphatic hydroxyl groups is 2. The molecule has 5 aliphatic rings. The molecule has 0 aromatic heterocycles. The lowest BCUT2D eigenvalue weighted by Crippen LogP contribution is -2.44. The normalized spacial score (nSPS) is 45.1. The summed E-state index contributed by atoms with van der Waals surface area (Å²) >= 11 is 0. The lowest BCUT2D eigenvalue weighted by atomic mass is 9.74. The smallest absolute Gasteiger partial charge is 0.150 e. The van der Waals surface area contributed by atoms with Crippen LogP contribution in [0.5, 0.6) is 0 Å². The van der Waals surface area contributed by atoms with Crippen LogP contribution in [0.1, 0.15) is 48.0 Å². The maximum absolute atomic E-state index is 11.3. The molecular formula is C22H28N2O3. The molecule has 1 saturated carbocycles. The zero-order valence-corrected chi connectivity index (χ0v) is 15.7. The van der Waals surface area contributed by atoms with Crippen LogP contribution in [0.2, 0.25) is 0 Å². The Morgan fingerprint density at radius 2 is 2.07 bits per heavy atom. The van der Waals surface area contributed by atoms with Gasteiger partial charge in [0, 0.05) is 36.0 Å². The van der Waals surface area contributed by atoms with E-state index in [9.17, 15) is 15.0 Å². The highest BCUT2D eigenvalue weighted by Crippen LogP contribution is 2.63. The van der Waals surface area contributed by atoms with E-state index in [0.29, 0.717) is 17.5 Å². The van der Waals surface area contributed by atoms with Crippen LogP contribution in [-0.4, -0.2) is 57.9 Å². The van der Waals surface area contributed by atoms with Crippen molar-refractivity contribution in [2.24, 2.45) is 11.8 Å². The number of rotatable bonds is 6. The van der Waals surface area contributed by atoms with Crippen molar-refractivity contribution >= 4 is 6.29 Å². The molecular weight excluding hydrogens is 340 g/mol. The molecule has 9 atom stereocenters. The summed E-state index contributed by atoms with van der Waals surface area (Å²) in [6.07, 6.45) is 7.88. The van der Waals surface area contributed by atoms with Gasteiger partial charge in [-0.15, -0.1) is 0 Å². The maximum atomic E-state index is 11.3. The Morgan fingerprint density at radius 1 is 1.30 bits per heavy atom. The minimum Gasteiger partial charge on any atom is -0.393 e. The Labute approximate surface area is 160 Å². The van der Waals surface area contributed by atoms with Crippen LogP contribution in [0.25, 0.3) is 0 Å². The number of hydrogen-bond donors (Lipinski definition) is 3. The van der Waals surface area contributed by atoms with Crippen molar-refractivity contribution in [2.45, 2.75) is 62.1 Å². The number of hydrogen-bond acceptors (Lipinski definition) is 5. The standard InChI is InChI=1S/C22H28N2O3/c1-13(15-4-2-14(12-25)3-5-15)21-18-8-9-20-22(27,24(20)21)19(18)11-23-16-6-7-17(26)10-16/h2-5,8-9,12-13,16-21,23,26-27H,6-7,10-11H2,1H3/t13-,16+,17+,18+,19+,20-,21-,22+,24?/m1/s1. The van der Waals surface area contributed by atoms with E-state index in [1.54, 1.807) is 0 Å². The van der Waals surface area contributed by atoms with E-state index in [1.807, 2.05) is 24.3 Å². The molecule has 2 aliphatic carbocycles. The summed E-state index contributed by atoms with van der Waals surface area (Å²) < 4.78 is 0. The molecule has 5 nitrogen and oxygen atoms in total. The highest BCUT2D eigenvalue weighted by molar-refractivity contribution is 5.74. The van der Waals surface area contributed by atoms with E-state index in [1.165, 1.54) is 5.56 Å². The van der Waals surface area contributed by atoms with Crippen LogP contribution < -0.4 is 5.32 Å². The second-order valence-corrected chi connectivity index (χ2v) is 8.84. The Bertz CT molecular complexity index is 763. The van der Waals surface area contributed by atoms with Gasteiger partial charge in [0.15, 0.2) is 0 Å². The van der Waals surface area contributed by atoms with Crippen LogP contribution in [0.3, 0.4) is 0 Å². The number of carbonyl (C=O) groups is 1. The van der Waals surface area contributed by atoms with Crippen molar-refractivity contribution in [1.29, 1.82) is 0 Å². The summed E-state index contributed by atoms with van der Waals surface area (Å²) in [5, 5.41) is 24.7. The van der Waals surface area contributed by atoms with Crippen LogP contribution in [-0.2, 0) is 0 Å². The molecule has 144 valence electrons. The summed E-state index contributed by atoms with van der Waals surface area (Å²) in [7, 11) is 0. The van der Waals surface area contributed by atoms with Crippen molar-refractivity contribution in [3.63, 3.8) is 0 Å². The Kier molecular flexibility index (Phi) is 4.06. The number of nitrogens with one attached hydrogen (secondary N) is 1. The molecule has 1 aromatic carbocycles. The van der Waals surface area contributed by atoms with Gasteiger partial charge in [0.1, 0.15) is 12.0 Å². The van der Waals surface area contributed by atoms with Gasteiger partial charge in [-0.1, -0.05) is 43.3 Å². The molecule has 0 spiro atoms. The van der Waals surface area contributed by atoms with Gasteiger partial charge in [0.25, 0.3) is 0 Å². The maximum Gasteiger partial charge on any atom is 0.150 e. The topological polar surface area (TPSA) is 72.6 Å². The number of carbonyl (C=O) groups excluding carboxylic acids is 1. The quantitative estimate of drug-likeness (QED) is 0.405. The lowest BCUT2D eigenvalue weighted by molar-refractivity contribution is 0.0510. The summed E-state index contributed by atoms with van der Waals surface area (Å²) in [6.45, 7) is 3.02. The molecule has 3 N–H and O–H groups in total. The summed E-state index contributed by atoms with van der Waals surface area (Å²) in [6, 6.07) is 8.62. The average molecular weight is 368 g/mol. The van der Waals surface area contributed by atoms with Crippen LogP contribution >= 0.6 is 0 Å². The van der Waals surface area contributed by atoms with Gasteiger partial charge in [-0.2, -0.15) is 0 Å². The summed E-state index contributed by atoms with van der Waals surface area (Å²) in [4.78, 5) is 13.2. The molecule has 6 rings (SSSR count). The van der Waals surface area contributed by atoms with Crippen LogP contribution in [0.15, 0.2) is 36.4 Å². The van der Waals surface area contributed by atoms with Crippen molar-refractivity contribution in [3.8, 4) is 0 Å². The van der Waals surface area contributed by atoms with Gasteiger partial charge >= 0.3 is 0 Å². The van der Waals surface area contributed by atoms with Crippen molar-refractivity contribution in [2.75, 3.05) is 6.54 Å². The molecule has 0 amide bonds. The molecule has 3 heterocycles. The van der Waals surface area contributed by atoms with E-state index >= 15 is 0 Å². The minimum absolute atomic E-state index is 0.130. The first-order valence-electron chi connectivity index (χ1n) is 10.2. The molecule has 27 heavy (non-hydrogen) atoms. The van der Waals surface area contributed by atoms with Gasteiger partial charge in [0.05, 0.1) is 12.1 Å². The first-order valence-corrected chi connectivity index (χ1v) is 10.2. The second kappa shape index (κ2) is 6.24. The van der Waals surface area contributed by atoms with E-state index in [0.717, 1.165) is 32.1 Å². The predicted molar refractivity (Wildman–Crippen MR) is 102 cm³/mol. The van der Waals surface area contributed by atoms with Gasteiger partial charge in [0.2, 0.25) is 0 Å². The van der Waals surface area contributed by atoms with Crippen LogP contribution in [0, 0.1) is 11.8 Å². The third-order valence-electron chi connectivity index (χ3n) is 7.46. The van der Waals surface area contributed by atoms with E-state index in [-0.39, 0.29) is 30.0 Å². The van der Waals surface area contributed by atoms with Crippen molar-refractivity contribution < 1.29 is 15.0 Å². The summed E-state index contributed by atoms with van der Waals surface area (Å²) in [5.74, 6) is 0.794. The fourth-order valence-corrected chi connectivity index (χ4v) is 5.97. The number of nitrogens with zero attached hydrogens (tertiary/aromatic N) is 1. The molecule has 0 radical (unpaired) electrons. The third kappa shape index (κ3) is 2.56. The van der Waals surface area contributed by atoms with E-state index in [4.69, 9.17) is 0 Å². The number of aliphatic hydroxyl groups excluding tert-OH is 1. The highest BCUT2D eigenvalue weighted by atomic mass is 16.3. The average Bonchev–Trinajstić information content (AvgIpc) is 2.99. The fourth-order valence-electron chi connectivity index (χ4n) is 5.97. The molecule has 4 bridgehead atoms. The van der Waals surface area contributed by atoms with Crippen molar-refractivity contribution in [1.82, 2.24) is 10.2 Å². The van der Waals surface area contributed by atoms with Gasteiger partial charge in [-0.05, 0) is 30.7 Å². The SMILES string of the molecule is C[C@H](c1ccc(C=O)cc1)[C@@H]1[C@H]2C=C[C@H]3N1[C@]3(O)[C@H]2CN[C@H]1CC[C@H](O)C1. The molecule has 5 heteroatoms. The molecule has 2 saturated heterocycles. The second-order valence-electron chi connectivity index (χ2n) is 8.84. The molecule has 1 unspecified atom stereocenters. The van der Waals surface area contributed by atoms with E-state index in [2.05, 4.69) is 29.3 Å². The first kappa shape index (κ1) is 17.6. The number of aldehydes is 1. The Hall–Kier alpha value is -1.53. The largest absolute Gasteiger partial charge is 0.393 e. The molecule has 3 fully saturated rings. The Balaban J connectivity index is 1.33. The van der Waals surface area contributed by atoms with Gasteiger partial charge in [-0.3, -0.25) is 9.69 Å². The zero-order valence-electron chi connectivity index (χ0n) is 15.7. The number of piperidine rings is 1. The predicted octanol–water partition coefficient (Wildman–Crippen LogP) is 1.66. The van der Waals surface area contributed by atoms with Crippen LogP contribution in [0.4, 0.5) is 0 Å². The van der Waals surface area contributed by atoms with E-state index < -0.39 is 5.72 Å². The monoisotopic (exact) mass is 368 g/mol. The molecule has 1 aromatic rings. The lowest BCUT2D eigenvalue weighted by Gasteiger charge is -2.35. The summed E-state index contributed by atoms with van der Waals surface area (Å²) in [5.41, 5.74) is 1.19. The highest BCUT2D eigenvalue weighted by Gasteiger charge is 2.77. The van der Waals surface area contributed by atoms with Crippen molar-refractivity contribution in [3.05, 3.63) is 47.5 Å².